The highest BCUT2D eigenvalue weighted by Crippen LogP contribution is 2.29. The molecule has 0 spiro atoms. The topological polar surface area (TPSA) is 67.9 Å². The molecule has 0 unspecified atom stereocenters. The Kier molecular flexibility index (Phi) is 8.47. The second-order valence-electron chi connectivity index (χ2n) is 6.95. The number of hydrogen-bond donors (Lipinski definition) is 1. The van der Waals surface area contributed by atoms with Gasteiger partial charge in [0.2, 0.25) is 5.91 Å². The molecule has 0 heterocycles. The first-order valence-corrected chi connectivity index (χ1v) is 10.1. The highest BCUT2D eigenvalue weighted by atomic mass is 16.5. The Labute approximate surface area is 178 Å². The monoisotopic (exact) mass is 410 g/mol. The van der Waals surface area contributed by atoms with Gasteiger partial charge in [0.1, 0.15) is 0 Å². The summed E-state index contributed by atoms with van der Waals surface area (Å²) >= 11 is 0. The van der Waals surface area contributed by atoms with Crippen LogP contribution in [-0.2, 0) is 4.79 Å². The molecule has 160 valence electrons. The maximum Gasteiger partial charge on any atom is 0.253 e. The number of benzene rings is 2. The number of carbonyl (C=O) groups excluding carboxylic acids is 2. The van der Waals surface area contributed by atoms with Crippen LogP contribution >= 0.6 is 0 Å². The van der Waals surface area contributed by atoms with Gasteiger partial charge in [-0.3, -0.25) is 9.59 Å². The smallest absolute Gasteiger partial charge is 0.253 e. The molecule has 0 aliphatic carbocycles. The number of nitrogens with zero attached hydrogens (tertiary/aromatic N) is 1. The standard InChI is InChI=1S/C24H30N2O4/c1-6-26(7-2)24(28)19-10-12-20(13-11-19)25-23(27)15-9-18-8-14-21(30-17(3)4)22(16-18)29-5/h8-17H,6-7H2,1-5H3,(H,25,27). The van der Waals surface area contributed by atoms with E-state index in [0.717, 1.165) is 5.56 Å². The molecular weight excluding hydrogens is 380 g/mol. The number of nitrogens with one attached hydrogen (secondary N) is 1. The normalized spacial score (nSPS) is 10.9. The number of rotatable bonds is 9. The molecule has 0 saturated carbocycles. The molecule has 0 aliphatic heterocycles. The van der Waals surface area contributed by atoms with E-state index in [0.29, 0.717) is 35.8 Å². The predicted molar refractivity (Wildman–Crippen MR) is 120 cm³/mol. The van der Waals surface area contributed by atoms with Gasteiger partial charge in [0.15, 0.2) is 11.5 Å². The molecule has 0 atom stereocenters. The molecule has 0 saturated heterocycles. The minimum absolute atomic E-state index is 0.0170. The van der Waals surface area contributed by atoms with Gasteiger partial charge in [0, 0.05) is 30.4 Å². The molecule has 6 heteroatoms. The average molecular weight is 411 g/mol. The van der Waals surface area contributed by atoms with E-state index in [-0.39, 0.29) is 17.9 Å². The van der Waals surface area contributed by atoms with Gasteiger partial charge in [-0.1, -0.05) is 6.07 Å². The van der Waals surface area contributed by atoms with Crippen LogP contribution < -0.4 is 14.8 Å². The van der Waals surface area contributed by atoms with E-state index >= 15 is 0 Å². The van der Waals surface area contributed by atoms with Crippen molar-refractivity contribution in [3.63, 3.8) is 0 Å². The third-order valence-corrected chi connectivity index (χ3v) is 4.43. The van der Waals surface area contributed by atoms with E-state index in [1.165, 1.54) is 6.08 Å². The summed E-state index contributed by atoms with van der Waals surface area (Å²) < 4.78 is 11.1. The summed E-state index contributed by atoms with van der Waals surface area (Å²) in [6.45, 7) is 9.11. The Balaban J connectivity index is 2.01. The highest BCUT2D eigenvalue weighted by molar-refractivity contribution is 6.02. The van der Waals surface area contributed by atoms with Crippen LogP contribution in [-0.4, -0.2) is 43.0 Å². The van der Waals surface area contributed by atoms with Crippen molar-refractivity contribution in [3.8, 4) is 11.5 Å². The van der Waals surface area contributed by atoms with Gasteiger partial charge < -0.3 is 19.7 Å². The van der Waals surface area contributed by atoms with Crippen LogP contribution in [0.1, 0.15) is 43.6 Å². The maximum atomic E-state index is 12.3. The van der Waals surface area contributed by atoms with E-state index in [9.17, 15) is 9.59 Å². The SMILES string of the molecule is CCN(CC)C(=O)c1ccc(NC(=O)C=Cc2ccc(OC(C)C)c(OC)c2)cc1. The van der Waals surface area contributed by atoms with E-state index in [2.05, 4.69) is 5.32 Å². The highest BCUT2D eigenvalue weighted by Gasteiger charge is 2.12. The van der Waals surface area contributed by atoms with Crippen molar-refractivity contribution in [1.82, 2.24) is 4.90 Å². The Morgan fingerprint density at radius 3 is 2.27 bits per heavy atom. The summed E-state index contributed by atoms with van der Waals surface area (Å²) in [7, 11) is 1.58. The van der Waals surface area contributed by atoms with Crippen LogP contribution in [0.15, 0.2) is 48.5 Å². The van der Waals surface area contributed by atoms with Gasteiger partial charge in [-0.15, -0.1) is 0 Å². The van der Waals surface area contributed by atoms with E-state index in [4.69, 9.17) is 9.47 Å². The molecule has 2 aromatic carbocycles. The van der Waals surface area contributed by atoms with Crippen molar-refractivity contribution in [3.05, 3.63) is 59.7 Å². The lowest BCUT2D eigenvalue weighted by molar-refractivity contribution is -0.111. The second kappa shape index (κ2) is 11.0. The summed E-state index contributed by atoms with van der Waals surface area (Å²) in [5.74, 6) is 0.990. The Morgan fingerprint density at radius 1 is 1.03 bits per heavy atom. The predicted octanol–water partition coefficient (Wildman–Crippen LogP) is 4.62. The fraction of sp³-hybridized carbons (Fsp3) is 0.333. The molecule has 0 radical (unpaired) electrons. The van der Waals surface area contributed by atoms with Crippen molar-refractivity contribution >= 4 is 23.6 Å². The van der Waals surface area contributed by atoms with Gasteiger partial charge in [-0.25, -0.2) is 0 Å². The van der Waals surface area contributed by atoms with Gasteiger partial charge in [0.05, 0.1) is 13.2 Å². The lowest BCUT2D eigenvalue weighted by Crippen LogP contribution is -2.30. The first kappa shape index (κ1) is 23.0. The molecule has 0 aromatic heterocycles. The van der Waals surface area contributed by atoms with Crippen LogP contribution in [0.2, 0.25) is 0 Å². The van der Waals surface area contributed by atoms with Crippen LogP contribution in [0, 0.1) is 0 Å². The first-order valence-electron chi connectivity index (χ1n) is 10.1. The van der Waals surface area contributed by atoms with Crippen molar-refractivity contribution in [2.45, 2.75) is 33.8 Å². The summed E-state index contributed by atoms with van der Waals surface area (Å²) in [6, 6.07) is 12.4. The number of methoxy groups -OCH3 is 1. The van der Waals surface area contributed by atoms with Crippen molar-refractivity contribution in [1.29, 1.82) is 0 Å². The summed E-state index contributed by atoms with van der Waals surface area (Å²) in [4.78, 5) is 26.3. The quantitative estimate of drug-likeness (QED) is 0.613. The number of amides is 2. The van der Waals surface area contributed by atoms with Gasteiger partial charge >= 0.3 is 0 Å². The minimum Gasteiger partial charge on any atom is -0.493 e. The largest absolute Gasteiger partial charge is 0.493 e. The third-order valence-electron chi connectivity index (χ3n) is 4.43. The number of carbonyl (C=O) groups is 2. The Bertz CT molecular complexity index is 885. The maximum absolute atomic E-state index is 12.3. The summed E-state index contributed by atoms with van der Waals surface area (Å²) in [5, 5.41) is 2.80. The molecule has 1 N–H and O–H groups in total. The molecule has 30 heavy (non-hydrogen) atoms. The fourth-order valence-corrected chi connectivity index (χ4v) is 2.88. The van der Waals surface area contributed by atoms with Crippen molar-refractivity contribution in [2.24, 2.45) is 0 Å². The zero-order valence-electron chi connectivity index (χ0n) is 18.3. The third kappa shape index (κ3) is 6.37. The van der Waals surface area contributed by atoms with Crippen molar-refractivity contribution in [2.75, 3.05) is 25.5 Å². The fourth-order valence-electron chi connectivity index (χ4n) is 2.88. The Hall–Kier alpha value is -3.28. The molecule has 0 fully saturated rings. The molecule has 2 amide bonds. The lowest BCUT2D eigenvalue weighted by Gasteiger charge is -2.18. The zero-order valence-corrected chi connectivity index (χ0v) is 18.3. The van der Waals surface area contributed by atoms with E-state index < -0.39 is 0 Å². The number of hydrogen-bond acceptors (Lipinski definition) is 4. The molecular formula is C24H30N2O4. The van der Waals surface area contributed by atoms with Crippen LogP contribution in [0.5, 0.6) is 11.5 Å². The number of ether oxygens (including phenoxy) is 2. The molecule has 2 rings (SSSR count). The summed E-state index contributed by atoms with van der Waals surface area (Å²) in [5.41, 5.74) is 2.04. The summed E-state index contributed by atoms with van der Waals surface area (Å²) in [6.07, 6.45) is 3.20. The lowest BCUT2D eigenvalue weighted by atomic mass is 10.1. The van der Waals surface area contributed by atoms with E-state index in [1.807, 2.05) is 45.9 Å². The molecule has 0 aliphatic rings. The first-order chi connectivity index (χ1) is 14.4. The minimum atomic E-state index is -0.265. The van der Waals surface area contributed by atoms with Crippen LogP contribution in [0.25, 0.3) is 6.08 Å². The second-order valence-corrected chi connectivity index (χ2v) is 6.95. The van der Waals surface area contributed by atoms with Gasteiger partial charge in [-0.05, 0) is 75.7 Å². The molecule has 6 nitrogen and oxygen atoms in total. The Morgan fingerprint density at radius 2 is 1.70 bits per heavy atom. The molecule has 0 bridgehead atoms. The van der Waals surface area contributed by atoms with Crippen LogP contribution in [0.3, 0.4) is 0 Å². The average Bonchev–Trinajstić information content (AvgIpc) is 2.74. The van der Waals surface area contributed by atoms with Gasteiger partial charge in [0.25, 0.3) is 5.91 Å². The zero-order chi connectivity index (χ0) is 22.1. The molecule has 2 aromatic rings. The van der Waals surface area contributed by atoms with Crippen molar-refractivity contribution < 1.29 is 19.1 Å². The van der Waals surface area contributed by atoms with Crippen LogP contribution in [0.4, 0.5) is 5.69 Å². The van der Waals surface area contributed by atoms with Gasteiger partial charge in [-0.2, -0.15) is 0 Å². The van der Waals surface area contributed by atoms with E-state index in [1.54, 1.807) is 42.4 Å². The number of anilines is 1.